The summed E-state index contributed by atoms with van der Waals surface area (Å²) < 4.78 is 0. The van der Waals surface area contributed by atoms with Crippen molar-refractivity contribution < 1.29 is 14.7 Å². The summed E-state index contributed by atoms with van der Waals surface area (Å²) in [4.78, 5) is 30.6. The molecule has 0 saturated carbocycles. The molecule has 0 aliphatic heterocycles. The van der Waals surface area contributed by atoms with Gasteiger partial charge in [-0.15, -0.1) is 0 Å². The number of aromatic nitrogens is 2. The summed E-state index contributed by atoms with van der Waals surface area (Å²) >= 11 is 0. The number of rotatable bonds is 4. The molecule has 0 spiro atoms. The molecule has 0 fully saturated rings. The summed E-state index contributed by atoms with van der Waals surface area (Å²) in [6, 6.07) is 5.92. The molecular formula is C14H14N4O3. The van der Waals surface area contributed by atoms with Crippen molar-refractivity contribution >= 4 is 17.7 Å². The zero-order valence-electron chi connectivity index (χ0n) is 11.3. The highest BCUT2D eigenvalue weighted by atomic mass is 16.4. The molecule has 0 aliphatic rings. The van der Waals surface area contributed by atoms with Gasteiger partial charge in [0.25, 0.3) is 0 Å². The molecule has 7 nitrogen and oxygen atoms in total. The van der Waals surface area contributed by atoms with Gasteiger partial charge in [-0.05, 0) is 31.2 Å². The standard InChI is InChI=1S/C14H14N4O3/c1-9-2-3-11(7-16-9)18-14(21)17-8-12-6-10(13(19)20)4-5-15-12/h2-7H,8H2,1H3,(H,19,20)(H2,17,18,21). The van der Waals surface area contributed by atoms with Gasteiger partial charge in [0, 0.05) is 11.9 Å². The Bertz CT molecular complexity index is 656. The topological polar surface area (TPSA) is 104 Å². The predicted molar refractivity (Wildman–Crippen MR) is 76.0 cm³/mol. The Morgan fingerprint density at radius 1 is 1.24 bits per heavy atom. The van der Waals surface area contributed by atoms with Crippen LogP contribution in [0.25, 0.3) is 0 Å². The second kappa shape index (κ2) is 6.47. The first-order valence-electron chi connectivity index (χ1n) is 6.20. The molecule has 0 bridgehead atoms. The molecule has 2 aromatic heterocycles. The molecule has 0 aliphatic carbocycles. The van der Waals surface area contributed by atoms with Gasteiger partial charge in [-0.2, -0.15) is 0 Å². The normalized spacial score (nSPS) is 9.95. The summed E-state index contributed by atoms with van der Waals surface area (Å²) in [5.74, 6) is -1.03. The van der Waals surface area contributed by atoms with Crippen LogP contribution in [0.15, 0.2) is 36.7 Å². The van der Waals surface area contributed by atoms with Crippen molar-refractivity contribution in [2.24, 2.45) is 0 Å². The highest BCUT2D eigenvalue weighted by molar-refractivity contribution is 5.89. The van der Waals surface area contributed by atoms with Gasteiger partial charge in [-0.25, -0.2) is 9.59 Å². The maximum Gasteiger partial charge on any atom is 0.335 e. The van der Waals surface area contributed by atoms with Crippen molar-refractivity contribution in [1.82, 2.24) is 15.3 Å². The third-order valence-corrected chi connectivity index (χ3v) is 2.66. The van der Waals surface area contributed by atoms with Crippen LogP contribution in [0.2, 0.25) is 0 Å². The van der Waals surface area contributed by atoms with Crippen LogP contribution in [0.1, 0.15) is 21.7 Å². The largest absolute Gasteiger partial charge is 0.478 e. The number of carboxylic acid groups (broad SMARTS) is 1. The van der Waals surface area contributed by atoms with Gasteiger partial charge in [0.05, 0.1) is 29.7 Å². The minimum atomic E-state index is -1.03. The summed E-state index contributed by atoms with van der Waals surface area (Å²) in [5, 5.41) is 14.1. The molecule has 3 N–H and O–H groups in total. The predicted octanol–water partition coefficient (Wildman–Crippen LogP) is 1.80. The Hall–Kier alpha value is -2.96. The lowest BCUT2D eigenvalue weighted by Gasteiger charge is -2.07. The Morgan fingerprint density at radius 3 is 2.71 bits per heavy atom. The molecule has 0 radical (unpaired) electrons. The molecule has 0 saturated heterocycles. The minimum absolute atomic E-state index is 0.130. The maximum absolute atomic E-state index is 11.7. The smallest absolute Gasteiger partial charge is 0.335 e. The number of nitrogens with zero attached hydrogens (tertiary/aromatic N) is 2. The average Bonchev–Trinajstić information content (AvgIpc) is 2.48. The lowest BCUT2D eigenvalue weighted by atomic mass is 10.2. The summed E-state index contributed by atoms with van der Waals surface area (Å²) in [7, 11) is 0. The van der Waals surface area contributed by atoms with E-state index in [2.05, 4.69) is 20.6 Å². The van der Waals surface area contributed by atoms with Crippen LogP contribution in [-0.2, 0) is 6.54 Å². The van der Waals surface area contributed by atoms with E-state index in [1.54, 1.807) is 18.3 Å². The van der Waals surface area contributed by atoms with E-state index in [0.717, 1.165) is 5.69 Å². The number of pyridine rings is 2. The maximum atomic E-state index is 11.7. The molecule has 108 valence electrons. The van der Waals surface area contributed by atoms with Crippen LogP contribution in [0, 0.1) is 6.92 Å². The molecule has 0 atom stereocenters. The quantitative estimate of drug-likeness (QED) is 0.795. The van der Waals surface area contributed by atoms with Gasteiger partial charge in [0.15, 0.2) is 0 Å². The number of aromatic carboxylic acids is 1. The number of carboxylic acids is 1. The summed E-state index contributed by atoms with van der Waals surface area (Å²) in [5.41, 5.74) is 2.03. The van der Waals surface area contributed by atoms with Crippen LogP contribution in [0.3, 0.4) is 0 Å². The van der Waals surface area contributed by atoms with Gasteiger partial charge in [-0.1, -0.05) is 0 Å². The molecule has 2 heterocycles. The number of amides is 2. The number of hydrogen-bond donors (Lipinski definition) is 3. The van der Waals surface area contributed by atoms with Crippen LogP contribution >= 0.6 is 0 Å². The Morgan fingerprint density at radius 2 is 2.05 bits per heavy atom. The van der Waals surface area contributed by atoms with E-state index in [1.165, 1.54) is 18.3 Å². The van der Waals surface area contributed by atoms with E-state index in [4.69, 9.17) is 5.11 Å². The SMILES string of the molecule is Cc1ccc(NC(=O)NCc2cc(C(=O)O)ccn2)cn1. The minimum Gasteiger partial charge on any atom is -0.478 e. The number of nitrogens with one attached hydrogen (secondary N) is 2. The van der Waals surface area contributed by atoms with E-state index in [-0.39, 0.29) is 12.1 Å². The summed E-state index contributed by atoms with van der Waals surface area (Å²) in [6.45, 7) is 1.98. The summed E-state index contributed by atoms with van der Waals surface area (Å²) in [6.07, 6.45) is 2.94. The highest BCUT2D eigenvalue weighted by Crippen LogP contribution is 2.05. The molecule has 2 rings (SSSR count). The second-order valence-electron chi connectivity index (χ2n) is 4.34. The van der Waals surface area contributed by atoms with Crippen molar-refractivity contribution in [2.75, 3.05) is 5.32 Å². The van der Waals surface area contributed by atoms with Crippen LogP contribution in [-0.4, -0.2) is 27.1 Å². The van der Waals surface area contributed by atoms with Crippen LogP contribution < -0.4 is 10.6 Å². The van der Waals surface area contributed by atoms with E-state index in [1.807, 2.05) is 6.92 Å². The number of urea groups is 1. The molecule has 7 heteroatoms. The molecule has 0 unspecified atom stereocenters. The van der Waals surface area contributed by atoms with Gasteiger partial charge in [0.1, 0.15) is 0 Å². The number of anilines is 1. The third kappa shape index (κ3) is 4.27. The van der Waals surface area contributed by atoms with Crippen LogP contribution in [0.5, 0.6) is 0 Å². The molecule has 0 aromatic carbocycles. The lowest BCUT2D eigenvalue weighted by Crippen LogP contribution is -2.28. The monoisotopic (exact) mass is 286 g/mol. The fraction of sp³-hybridized carbons (Fsp3) is 0.143. The van der Waals surface area contributed by atoms with Crippen molar-refractivity contribution in [2.45, 2.75) is 13.5 Å². The zero-order chi connectivity index (χ0) is 15.2. The van der Waals surface area contributed by atoms with E-state index >= 15 is 0 Å². The third-order valence-electron chi connectivity index (χ3n) is 2.66. The van der Waals surface area contributed by atoms with Gasteiger partial charge in [-0.3, -0.25) is 9.97 Å². The zero-order valence-corrected chi connectivity index (χ0v) is 11.3. The lowest BCUT2D eigenvalue weighted by molar-refractivity contribution is 0.0696. The van der Waals surface area contributed by atoms with Gasteiger partial charge >= 0.3 is 12.0 Å². The Balaban J connectivity index is 1.90. The second-order valence-corrected chi connectivity index (χ2v) is 4.34. The number of aryl methyl sites for hydroxylation is 1. The van der Waals surface area contributed by atoms with Gasteiger partial charge in [0.2, 0.25) is 0 Å². The number of hydrogen-bond acceptors (Lipinski definition) is 4. The molecular weight excluding hydrogens is 272 g/mol. The Labute approximate surface area is 121 Å². The first-order valence-corrected chi connectivity index (χ1v) is 6.20. The van der Waals surface area contributed by atoms with Crippen LogP contribution in [0.4, 0.5) is 10.5 Å². The van der Waals surface area contributed by atoms with E-state index in [0.29, 0.717) is 11.4 Å². The van der Waals surface area contributed by atoms with Crippen molar-refractivity contribution in [3.63, 3.8) is 0 Å². The Kier molecular flexibility index (Phi) is 4.45. The number of carbonyl (C=O) groups is 2. The average molecular weight is 286 g/mol. The van der Waals surface area contributed by atoms with Crippen molar-refractivity contribution in [1.29, 1.82) is 0 Å². The molecule has 2 amide bonds. The first-order chi connectivity index (χ1) is 10.0. The van der Waals surface area contributed by atoms with E-state index < -0.39 is 12.0 Å². The van der Waals surface area contributed by atoms with Gasteiger partial charge < -0.3 is 15.7 Å². The first kappa shape index (κ1) is 14.4. The van der Waals surface area contributed by atoms with Crippen molar-refractivity contribution in [3.05, 3.63) is 53.6 Å². The number of carbonyl (C=O) groups excluding carboxylic acids is 1. The fourth-order valence-corrected chi connectivity index (χ4v) is 1.60. The van der Waals surface area contributed by atoms with E-state index in [9.17, 15) is 9.59 Å². The fourth-order valence-electron chi connectivity index (χ4n) is 1.60. The van der Waals surface area contributed by atoms with Crippen molar-refractivity contribution in [3.8, 4) is 0 Å². The molecule has 21 heavy (non-hydrogen) atoms. The molecule has 2 aromatic rings. The highest BCUT2D eigenvalue weighted by Gasteiger charge is 2.06.